The highest BCUT2D eigenvalue weighted by Gasteiger charge is 2.18. The summed E-state index contributed by atoms with van der Waals surface area (Å²) in [5, 5.41) is 18.0. The number of rotatable bonds is 4. The van der Waals surface area contributed by atoms with Gasteiger partial charge in [-0.2, -0.15) is 0 Å². The largest absolute Gasteiger partial charge is 0.481 e. The quantitative estimate of drug-likeness (QED) is 0.866. The monoisotopic (exact) mass is 242 g/mol. The van der Waals surface area contributed by atoms with Crippen molar-refractivity contribution in [1.29, 1.82) is 0 Å². The fraction of sp³-hybridized carbons (Fsp3) is 0.133. The van der Waals surface area contributed by atoms with E-state index in [9.17, 15) is 4.79 Å². The molecule has 0 aliphatic carbocycles. The predicted molar refractivity (Wildman–Crippen MR) is 69.3 cm³/mol. The molecule has 3 heteroatoms. The second kappa shape index (κ2) is 5.47. The minimum absolute atomic E-state index is 0.389. The number of aliphatic carboxylic acids is 1. The normalized spacial score (nSPS) is 12.1. The Hall–Kier alpha value is -2.13. The van der Waals surface area contributed by atoms with Crippen LogP contribution in [-0.2, 0) is 4.79 Å². The van der Waals surface area contributed by atoms with Crippen LogP contribution in [0.4, 0.5) is 0 Å². The van der Waals surface area contributed by atoms with E-state index in [0.717, 1.165) is 11.1 Å². The van der Waals surface area contributed by atoms with Crippen LogP contribution in [0.2, 0.25) is 0 Å². The van der Waals surface area contributed by atoms with Crippen molar-refractivity contribution in [2.75, 3.05) is 6.61 Å². The zero-order chi connectivity index (χ0) is 13.0. The van der Waals surface area contributed by atoms with Crippen molar-refractivity contribution < 1.29 is 15.0 Å². The number of carboxylic acids is 1. The van der Waals surface area contributed by atoms with Crippen LogP contribution in [0.25, 0.3) is 11.1 Å². The van der Waals surface area contributed by atoms with E-state index in [4.69, 9.17) is 10.2 Å². The first-order chi connectivity index (χ1) is 8.72. The molecular weight excluding hydrogens is 228 g/mol. The molecule has 92 valence electrons. The van der Waals surface area contributed by atoms with Gasteiger partial charge in [0, 0.05) is 0 Å². The van der Waals surface area contributed by atoms with Gasteiger partial charge in [0.1, 0.15) is 5.92 Å². The number of aliphatic hydroxyl groups is 1. The van der Waals surface area contributed by atoms with E-state index in [1.165, 1.54) is 0 Å². The van der Waals surface area contributed by atoms with E-state index < -0.39 is 11.9 Å². The van der Waals surface area contributed by atoms with E-state index in [-0.39, 0.29) is 6.61 Å². The van der Waals surface area contributed by atoms with Crippen LogP contribution in [-0.4, -0.2) is 22.8 Å². The first-order valence-electron chi connectivity index (χ1n) is 5.71. The fourth-order valence-corrected chi connectivity index (χ4v) is 1.86. The Balaban J connectivity index is 2.28. The maximum absolute atomic E-state index is 10.9. The molecule has 0 aliphatic rings. The molecule has 2 aromatic carbocycles. The van der Waals surface area contributed by atoms with Crippen LogP contribution < -0.4 is 0 Å². The fourth-order valence-electron chi connectivity index (χ4n) is 1.86. The number of aliphatic hydroxyl groups excluding tert-OH is 1. The topological polar surface area (TPSA) is 57.5 Å². The lowest BCUT2D eigenvalue weighted by Crippen LogP contribution is -2.15. The van der Waals surface area contributed by atoms with Crippen molar-refractivity contribution in [1.82, 2.24) is 0 Å². The summed E-state index contributed by atoms with van der Waals surface area (Å²) in [4.78, 5) is 10.9. The highest BCUT2D eigenvalue weighted by Crippen LogP contribution is 2.22. The highest BCUT2D eigenvalue weighted by molar-refractivity contribution is 5.76. The second-order valence-electron chi connectivity index (χ2n) is 4.06. The minimum atomic E-state index is -1.01. The lowest BCUT2D eigenvalue weighted by atomic mass is 9.97. The van der Waals surface area contributed by atoms with Gasteiger partial charge in [0.15, 0.2) is 0 Å². The van der Waals surface area contributed by atoms with Gasteiger partial charge in [-0.1, -0.05) is 54.6 Å². The van der Waals surface area contributed by atoms with E-state index in [0.29, 0.717) is 5.56 Å². The Morgan fingerprint density at radius 2 is 1.50 bits per heavy atom. The summed E-state index contributed by atoms with van der Waals surface area (Å²) in [6.45, 7) is -0.389. The maximum atomic E-state index is 10.9. The van der Waals surface area contributed by atoms with Crippen LogP contribution in [0, 0.1) is 0 Å². The SMILES string of the molecule is O=C(O)C(CO)c1ccc(-c2ccccc2)cc1. The summed E-state index contributed by atoms with van der Waals surface area (Å²) in [6.07, 6.45) is 0. The Morgan fingerprint density at radius 1 is 0.944 bits per heavy atom. The summed E-state index contributed by atoms with van der Waals surface area (Å²) >= 11 is 0. The van der Waals surface area contributed by atoms with Crippen LogP contribution in [0.3, 0.4) is 0 Å². The Kier molecular flexibility index (Phi) is 3.75. The maximum Gasteiger partial charge on any atom is 0.313 e. The average molecular weight is 242 g/mol. The Bertz CT molecular complexity index is 517. The Morgan fingerprint density at radius 3 is 2.00 bits per heavy atom. The molecule has 2 aromatic rings. The van der Waals surface area contributed by atoms with E-state index >= 15 is 0 Å². The van der Waals surface area contributed by atoms with Crippen molar-refractivity contribution in [2.45, 2.75) is 5.92 Å². The zero-order valence-electron chi connectivity index (χ0n) is 9.78. The molecule has 18 heavy (non-hydrogen) atoms. The lowest BCUT2D eigenvalue weighted by Gasteiger charge is -2.10. The molecule has 0 heterocycles. The van der Waals surface area contributed by atoms with Crippen molar-refractivity contribution in [3.05, 3.63) is 60.2 Å². The lowest BCUT2D eigenvalue weighted by molar-refractivity contribution is -0.139. The molecule has 0 radical (unpaired) electrons. The molecule has 0 aliphatic heterocycles. The first-order valence-corrected chi connectivity index (χ1v) is 5.71. The van der Waals surface area contributed by atoms with Gasteiger partial charge in [-0.3, -0.25) is 4.79 Å². The van der Waals surface area contributed by atoms with E-state index in [2.05, 4.69) is 0 Å². The van der Waals surface area contributed by atoms with Crippen LogP contribution in [0.1, 0.15) is 11.5 Å². The molecule has 0 fully saturated rings. The molecule has 3 nitrogen and oxygen atoms in total. The number of benzene rings is 2. The van der Waals surface area contributed by atoms with Crippen LogP contribution >= 0.6 is 0 Å². The van der Waals surface area contributed by atoms with Gasteiger partial charge in [-0.15, -0.1) is 0 Å². The Labute approximate surface area is 105 Å². The standard InChI is InChI=1S/C15H14O3/c16-10-14(15(17)18)13-8-6-12(7-9-13)11-4-2-1-3-5-11/h1-9,14,16H,10H2,(H,17,18). The molecule has 2 rings (SSSR count). The first kappa shape index (κ1) is 12.3. The van der Waals surface area contributed by atoms with Crippen molar-refractivity contribution in [3.8, 4) is 11.1 Å². The van der Waals surface area contributed by atoms with Crippen molar-refractivity contribution >= 4 is 5.97 Å². The van der Waals surface area contributed by atoms with Gasteiger partial charge in [0.2, 0.25) is 0 Å². The van der Waals surface area contributed by atoms with Gasteiger partial charge < -0.3 is 10.2 Å². The van der Waals surface area contributed by atoms with E-state index in [1.807, 2.05) is 42.5 Å². The van der Waals surface area contributed by atoms with Gasteiger partial charge in [-0.25, -0.2) is 0 Å². The molecule has 0 aromatic heterocycles. The van der Waals surface area contributed by atoms with Gasteiger partial charge in [-0.05, 0) is 16.7 Å². The summed E-state index contributed by atoms with van der Waals surface area (Å²) in [5.41, 5.74) is 2.73. The smallest absolute Gasteiger partial charge is 0.313 e. The number of hydrogen-bond donors (Lipinski definition) is 2. The second-order valence-corrected chi connectivity index (χ2v) is 4.06. The number of carbonyl (C=O) groups is 1. The summed E-state index contributed by atoms with van der Waals surface area (Å²) in [7, 11) is 0. The minimum Gasteiger partial charge on any atom is -0.481 e. The molecule has 2 N–H and O–H groups in total. The summed E-state index contributed by atoms with van der Waals surface area (Å²) in [6, 6.07) is 17.1. The molecule has 0 amide bonds. The van der Waals surface area contributed by atoms with Crippen LogP contribution in [0.5, 0.6) is 0 Å². The molecule has 1 unspecified atom stereocenters. The molecule has 0 bridgehead atoms. The van der Waals surface area contributed by atoms with Gasteiger partial charge in [0.25, 0.3) is 0 Å². The van der Waals surface area contributed by atoms with Crippen LogP contribution in [0.15, 0.2) is 54.6 Å². The molecule has 1 atom stereocenters. The number of carboxylic acid groups (broad SMARTS) is 1. The van der Waals surface area contributed by atoms with E-state index in [1.54, 1.807) is 12.1 Å². The summed E-state index contributed by atoms with van der Waals surface area (Å²) < 4.78 is 0. The molecular formula is C15H14O3. The summed E-state index contributed by atoms with van der Waals surface area (Å²) in [5.74, 6) is -1.86. The van der Waals surface area contributed by atoms with Gasteiger partial charge >= 0.3 is 5.97 Å². The molecule has 0 saturated heterocycles. The predicted octanol–water partition coefficient (Wildman–Crippen LogP) is 2.51. The highest BCUT2D eigenvalue weighted by atomic mass is 16.4. The molecule has 0 saturated carbocycles. The van der Waals surface area contributed by atoms with Crippen molar-refractivity contribution in [2.24, 2.45) is 0 Å². The van der Waals surface area contributed by atoms with Gasteiger partial charge in [0.05, 0.1) is 6.61 Å². The number of hydrogen-bond acceptors (Lipinski definition) is 2. The third-order valence-corrected chi connectivity index (χ3v) is 2.90. The molecule has 0 spiro atoms. The zero-order valence-corrected chi connectivity index (χ0v) is 9.78. The average Bonchev–Trinajstić information content (AvgIpc) is 2.41. The third kappa shape index (κ3) is 2.57. The third-order valence-electron chi connectivity index (χ3n) is 2.90. The van der Waals surface area contributed by atoms with Crippen molar-refractivity contribution in [3.63, 3.8) is 0 Å².